The fourth-order valence-electron chi connectivity index (χ4n) is 1.09. The monoisotopic (exact) mass is 338 g/mol. The van der Waals surface area contributed by atoms with Gasteiger partial charge < -0.3 is 4.74 Å². The molecule has 0 aromatic heterocycles. The van der Waals surface area contributed by atoms with Crippen LogP contribution in [-0.4, -0.2) is 17.9 Å². The highest BCUT2D eigenvalue weighted by Crippen LogP contribution is 2.21. The van der Waals surface area contributed by atoms with Crippen molar-refractivity contribution in [1.82, 2.24) is 0 Å². The van der Waals surface area contributed by atoms with Crippen molar-refractivity contribution >= 4 is 37.8 Å². The van der Waals surface area contributed by atoms with Crippen LogP contribution in [0.2, 0.25) is 0 Å². The SMILES string of the molecule is COC(=O)C(Br)Cc1ccc(F)cc1Br. The van der Waals surface area contributed by atoms with Crippen molar-refractivity contribution in [3.63, 3.8) is 0 Å². The van der Waals surface area contributed by atoms with Gasteiger partial charge in [-0.15, -0.1) is 0 Å². The summed E-state index contributed by atoms with van der Waals surface area (Å²) in [5.41, 5.74) is 0.851. The van der Waals surface area contributed by atoms with E-state index in [2.05, 4.69) is 36.6 Å². The Morgan fingerprint density at radius 1 is 1.60 bits per heavy atom. The Bertz CT molecular complexity index is 368. The van der Waals surface area contributed by atoms with Crippen LogP contribution in [0.4, 0.5) is 4.39 Å². The van der Waals surface area contributed by atoms with Gasteiger partial charge in [0.1, 0.15) is 10.6 Å². The van der Waals surface area contributed by atoms with Gasteiger partial charge in [0.25, 0.3) is 0 Å². The Morgan fingerprint density at radius 2 is 2.27 bits per heavy atom. The lowest BCUT2D eigenvalue weighted by atomic mass is 10.1. The summed E-state index contributed by atoms with van der Waals surface area (Å²) in [7, 11) is 1.33. The molecule has 82 valence electrons. The normalized spacial score (nSPS) is 12.3. The van der Waals surface area contributed by atoms with Crippen molar-refractivity contribution in [2.24, 2.45) is 0 Å². The highest BCUT2D eigenvalue weighted by atomic mass is 79.9. The zero-order chi connectivity index (χ0) is 11.4. The molecule has 1 aromatic rings. The summed E-state index contributed by atoms with van der Waals surface area (Å²) in [5, 5.41) is 0. The average Bonchev–Trinajstić information content (AvgIpc) is 2.20. The summed E-state index contributed by atoms with van der Waals surface area (Å²) >= 11 is 6.44. The van der Waals surface area contributed by atoms with E-state index in [4.69, 9.17) is 0 Å². The van der Waals surface area contributed by atoms with Crippen molar-refractivity contribution < 1.29 is 13.9 Å². The molecule has 0 spiro atoms. The summed E-state index contributed by atoms with van der Waals surface area (Å²) < 4.78 is 18.0. The third-order valence-electron chi connectivity index (χ3n) is 1.87. The molecule has 0 saturated heterocycles. The summed E-state index contributed by atoms with van der Waals surface area (Å²) in [5.74, 6) is -0.652. The smallest absolute Gasteiger partial charge is 0.319 e. The van der Waals surface area contributed by atoms with E-state index >= 15 is 0 Å². The lowest BCUT2D eigenvalue weighted by Crippen LogP contribution is -2.18. The Hall–Kier alpha value is -0.420. The molecule has 0 bridgehead atoms. The molecule has 0 aliphatic rings. The van der Waals surface area contributed by atoms with E-state index in [0.717, 1.165) is 5.56 Å². The first kappa shape index (κ1) is 12.6. The molecule has 1 atom stereocenters. The van der Waals surface area contributed by atoms with Gasteiger partial charge in [-0.2, -0.15) is 0 Å². The van der Waals surface area contributed by atoms with E-state index in [1.165, 1.54) is 19.2 Å². The second-order valence-corrected chi connectivity index (χ2v) is 4.89. The largest absolute Gasteiger partial charge is 0.468 e. The predicted octanol–water partition coefficient (Wildman–Crippen LogP) is 3.07. The highest BCUT2D eigenvalue weighted by Gasteiger charge is 2.17. The lowest BCUT2D eigenvalue weighted by Gasteiger charge is -2.09. The number of halogens is 3. The molecule has 1 rings (SSSR count). The summed E-state index contributed by atoms with van der Waals surface area (Å²) in [6, 6.07) is 4.36. The van der Waals surface area contributed by atoms with Crippen molar-refractivity contribution in [3.05, 3.63) is 34.1 Å². The minimum Gasteiger partial charge on any atom is -0.468 e. The number of hydrogen-bond acceptors (Lipinski definition) is 2. The summed E-state index contributed by atoms with van der Waals surface area (Å²) in [6.45, 7) is 0. The van der Waals surface area contributed by atoms with Crippen LogP contribution in [0.5, 0.6) is 0 Å². The van der Waals surface area contributed by atoms with Gasteiger partial charge in [0.05, 0.1) is 7.11 Å². The molecule has 1 aromatic carbocycles. The number of benzene rings is 1. The Morgan fingerprint density at radius 3 is 2.80 bits per heavy atom. The van der Waals surface area contributed by atoms with E-state index in [0.29, 0.717) is 10.9 Å². The number of ether oxygens (including phenoxy) is 1. The van der Waals surface area contributed by atoms with Gasteiger partial charge in [0.15, 0.2) is 0 Å². The van der Waals surface area contributed by atoms with Gasteiger partial charge in [0, 0.05) is 4.47 Å². The number of methoxy groups -OCH3 is 1. The fourth-order valence-corrected chi connectivity index (χ4v) is 2.14. The van der Waals surface area contributed by atoms with Crippen LogP contribution in [-0.2, 0) is 16.0 Å². The minimum absolute atomic E-state index is 0.310. The molecule has 0 amide bonds. The van der Waals surface area contributed by atoms with Crippen molar-refractivity contribution in [2.75, 3.05) is 7.11 Å². The third kappa shape index (κ3) is 3.57. The highest BCUT2D eigenvalue weighted by molar-refractivity contribution is 9.10. The first-order valence-corrected chi connectivity index (χ1v) is 5.91. The first-order chi connectivity index (χ1) is 7.04. The van der Waals surface area contributed by atoms with E-state index in [9.17, 15) is 9.18 Å². The van der Waals surface area contributed by atoms with E-state index in [1.807, 2.05) is 0 Å². The lowest BCUT2D eigenvalue weighted by molar-refractivity contribution is -0.139. The average molecular weight is 340 g/mol. The Labute approximate surface area is 104 Å². The number of alkyl halides is 1. The standard InChI is InChI=1S/C10H9Br2FO2/c1-15-10(14)9(12)4-6-2-3-7(13)5-8(6)11/h2-3,5,9H,4H2,1H3. The van der Waals surface area contributed by atoms with E-state index < -0.39 is 4.83 Å². The van der Waals surface area contributed by atoms with Gasteiger partial charge in [-0.25, -0.2) is 4.39 Å². The van der Waals surface area contributed by atoms with Gasteiger partial charge in [0.2, 0.25) is 0 Å². The van der Waals surface area contributed by atoms with Crippen LogP contribution in [0.3, 0.4) is 0 Å². The van der Waals surface area contributed by atoms with Crippen LogP contribution >= 0.6 is 31.9 Å². The molecule has 0 aliphatic carbocycles. The van der Waals surface area contributed by atoms with Gasteiger partial charge >= 0.3 is 5.97 Å². The molecule has 0 saturated carbocycles. The third-order valence-corrected chi connectivity index (χ3v) is 3.31. The Kier molecular flexibility index (Phi) is 4.73. The first-order valence-electron chi connectivity index (χ1n) is 4.20. The molecule has 0 aliphatic heterocycles. The Balaban J connectivity index is 2.76. The quantitative estimate of drug-likeness (QED) is 0.625. The van der Waals surface area contributed by atoms with Crippen LogP contribution in [0.15, 0.2) is 22.7 Å². The predicted molar refractivity (Wildman–Crippen MR) is 62.5 cm³/mol. The molecular formula is C10H9Br2FO2. The molecule has 0 fully saturated rings. The number of esters is 1. The van der Waals surface area contributed by atoms with Crippen LogP contribution in [0.25, 0.3) is 0 Å². The maximum Gasteiger partial charge on any atom is 0.319 e. The zero-order valence-electron chi connectivity index (χ0n) is 7.97. The number of rotatable bonds is 3. The van der Waals surface area contributed by atoms with Crippen molar-refractivity contribution in [1.29, 1.82) is 0 Å². The van der Waals surface area contributed by atoms with Gasteiger partial charge in [-0.1, -0.05) is 37.9 Å². The number of carbonyl (C=O) groups is 1. The topological polar surface area (TPSA) is 26.3 Å². The number of hydrogen-bond donors (Lipinski definition) is 0. The minimum atomic E-state index is -0.413. The van der Waals surface area contributed by atoms with Crippen molar-refractivity contribution in [2.45, 2.75) is 11.2 Å². The molecule has 15 heavy (non-hydrogen) atoms. The molecule has 0 radical (unpaired) electrons. The van der Waals surface area contributed by atoms with Gasteiger partial charge in [-0.3, -0.25) is 4.79 Å². The number of carbonyl (C=O) groups excluding carboxylic acids is 1. The van der Waals surface area contributed by atoms with Gasteiger partial charge in [-0.05, 0) is 24.1 Å². The van der Waals surface area contributed by atoms with Crippen LogP contribution in [0, 0.1) is 5.82 Å². The molecule has 5 heteroatoms. The second-order valence-electron chi connectivity index (χ2n) is 2.93. The molecular weight excluding hydrogens is 331 g/mol. The maximum atomic E-state index is 12.8. The van der Waals surface area contributed by atoms with E-state index in [1.54, 1.807) is 6.07 Å². The van der Waals surface area contributed by atoms with Crippen molar-refractivity contribution in [3.8, 4) is 0 Å². The van der Waals surface area contributed by atoms with Crippen LogP contribution in [0.1, 0.15) is 5.56 Å². The van der Waals surface area contributed by atoms with E-state index in [-0.39, 0.29) is 11.8 Å². The molecule has 2 nitrogen and oxygen atoms in total. The molecule has 0 N–H and O–H groups in total. The maximum absolute atomic E-state index is 12.8. The second kappa shape index (κ2) is 5.61. The summed E-state index contributed by atoms with van der Waals surface area (Å²) in [6.07, 6.45) is 0.452. The fraction of sp³-hybridized carbons (Fsp3) is 0.300. The molecule has 0 heterocycles. The van der Waals surface area contributed by atoms with Crippen LogP contribution < -0.4 is 0 Å². The summed E-state index contributed by atoms with van der Waals surface area (Å²) in [4.78, 5) is 10.7. The molecule has 1 unspecified atom stereocenters. The zero-order valence-corrected chi connectivity index (χ0v) is 11.1.